The molecule has 1 aliphatic heterocycles. The van der Waals surface area contributed by atoms with Gasteiger partial charge in [-0.25, -0.2) is 0 Å². The third kappa shape index (κ3) is 1.24. The van der Waals surface area contributed by atoms with Gasteiger partial charge in [0.15, 0.2) is 0 Å². The Morgan fingerprint density at radius 2 is 2.00 bits per heavy atom. The summed E-state index contributed by atoms with van der Waals surface area (Å²) in [7, 11) is 2.00. The first-order chi connectivity index (χ1) is 5.57. The zero-order valence-electron chi connectivity index (χ0n) is 8.09. The lowest BCUT2D eigenvalue weighted by atomic mass is 10.2. The summed E-state index contributed by atoms with van der Waals surface area (Å²) in [6, 6.07) is 0. The second kappa shape index (κ2) is 3.05. The molecular weight excluding hydrogens is 148 g/mol. The van der Waals surface area contributed by atoms with E-state index in [1.54, 1.807) is 0 Å². The zero-order valence-corrected chi connectivity index (χ0v) is 8.09. The minimum absolute atomic E-state index is 0.924. The fourth-order valence-corrected chi connectivity index (χ4v) is 1.37. The molecular formula is C10H16N2. The van der Waals surface area contributed by atoms with Gasteiger partial charge in [0.1, 0.15) is 5.82 Å². The number of likely N-dealkylation sites (N-methyl/N-ethyl adjacent to an activating group) is 1. The molecule has 0 saturated carbocycles. The van der Waals surface area contributed by atoms with E-state index in [1.165, 1.54) is 5.57 Å². The van der Waals surface area contributed by atoms with Crippen molar-refractivity contribution in [2.45, 2.75) is 13.8 Å². The van der Waals surface area contributed by atoms with E-state index in [0.29, 0.717) is 0 Å². The third-order valence-corrected chi connectivity index (χ3v) is 2.20. The van der Waals surface area contributed by atoms with Crippen LogP contribution in [-0.4, -0.2) is 23.4 Å². The van der Waals surface area contributed by atoms with Gasteiger partial charge in [0.25, 0.3) is 0 Å². The van der Waals surface area contributed by atoms with Crippen molar-refractivity contribution in [2.24, 2.45) is 0 Å². The van der Waals surface area contributed by atoms with Crippen LogP contribution in [0.1, 0.15) is 13.8 Å². The Hall–Kier alpha value is -1.18. The smallest absolute Gasteiger partial charge is 0.105 e. The summed E-state index contributed by atoms with van der Waals surface area (Å²) in [6.45, 7) is 13.1. The van der Waals surface area contributed by atoms with Crippen molar-refractivity contribution in [1.82, 2.24) is 9.80 Å². The standard InChI is InChI=1S/C10H16N2/c1-6-12-9(3)8(2)7-11(5)10(12)4/h7H,3-4,6H2,1-2,5H3. The fourth-order valence-electron chi connectivity index (χ4n) is 1.37. The van der Waals surface area contributed by atoms with Crippen molar-refractivity contribution in [3.05, 3.63) is 36.4 Å². The maximum atomic E-state index is 4.00. The zero-order chi connectivity index (χ0) is 9.30. The highest BCUT2D eigenvalue weighted by molar-refractivity contribution is 5.32. The van der Waals surface area contributed by atoms with E-state index in [2.05, 4.69) is 38.1 Å². The van der Waals surface area contributed by atoms with Crippen LogP contribution >= 0.6 is 0 Å². The number of allylic oxidation sites excluding steroid dienone is 1. The average Bonchev–Trinajstić information content (AvgIpc) is 2.02. The Labute approximate surface area is 74.5 Å². The highest BCUT2D eigenvalue weighted by Crippen LogP contribution is 2.24. The maximum absolute atomic E-state index is 4.00. The molecule has 0 atom stereocenters. The summed E-state index contributed by atoms with van der Waals surface area (Å²) in [5.74, 6) is 0.994. The summed E-state index contributed by atoms with van der Waals surface area (Å²) < 4.78 is 0. The molecule has 2 nitrogen and oxygen atoms in total. The lowest BCUT2D eigenvalue weighted by Gasteiger charge is -2.36. The molecule has 0 aromatic carbocycles. The van der Waals surface area contributed by atoms with Crippen LogP contribution in [0.3, 0.4) is 0 Å². The minimum atomic E-state index is 0.924. The van der Waals surface area contributed by atoms with Crippen LogP contribution in [0.4, 0.5) is 0 Å². The van der Waals surface area contributed by atoms with E-state index >= 15 is 0 Å². The summed E-state index contributed by atoms with van der Waals surface area (Å²) in [5.41, 5.74) is 2.26. The van der Waals surface area contributed by atoms with Gasteiger partial charge in [-0.1, -0.05) is 13.2 Å². The van der Waals surface area contributed by atoms with Gasteiger partial charge in [0.2, 0.25) is 0 Å². The molecule has 0 radical (unpaired) electrons. The van der Waals surface area contributed by atoms with Crippen molar-refractivity contribution in [3.8, 4) is 0 Å². The highest BCUT2D eigenvalue weighted by Gasteiger charge is 2.18. The molecule has 0 aromatic heterocycles. The van der Waals surface area contributed by atoms with Crippen molar-refractivity contribution in [3.63, 3.8) is 0 Å². The lowest BCUT2D eigenvalue weighted by molar-refractivity contribution is 0.325. The maximum Gasteiger partial charge on any atom is 0.105 e. The van der Waals surface area contributed by atoms with Crippen molar-refractivity contribution in [1.29, 1.82) is 0 Å². The molecule has 1 rings (SSSR count). The quantitative estimate of drug-likeness (QED) is 0.586. The molecule has 1 heterocycles. The van der Waals surface area contributed by atoms with Gasteiger partial charge in [-0.2, -0.15) is 0 Å². The van der Waals surface area contributed by atoms with Crippen LogP contribution in [0, 0.1) is 0 Å². The van der Waals surface area contributed by atoms with Crippen LogP contribution < -0.4 is 0 Å². The molecule has 1 aliphatic rings. The predicted molar refractivity (Wildman–Crippen MR) is 52.2 cm³/mol. The van der Waals surface area contributed by atoms with Crippen LogP contribution in [0.15, 0.2) is 36.4 Å². The van der Waals surface area contributed by atoms with Gasteiger partial charge in [-0.05, 0) is 19.4 Å². The molecule has 0 fully saturated rings. The van der Waals surface area contributed by atoms with Crippen LogP contribution in [0.2, 0.25) is 0 Å². The average molecular weight is 164 g/mol. The van der Waals surface area contributed by atoms with Gasteiger partial charge in [0, 0.05) is 25.5 Å². The molecule has 0 aromatic rings. The molecule has 2 heteroatoms. The van der Waals surface area contributed by atoms with Gasteiger partial charge < -0.3 is 9.80 Å². The van der Waals surface area contributed by atoms with E-state index in [1.807, 2.05) is 11.9 Å². The van der Waals surface area contributed by atoms with Gasteiger partial charge in [-0.15, -0.1) is 0 Å². The Bertz CT molecular complexity index is 251. The molecule has 0 bridgehead atoms. The second-order valence-corrected chi connectivity index (χ2v) is 3.03. The summed E-state index contributed by atoms with van der Waals surface area (Å²) in [5, 5.41) is 0. The van der Waals surface area contributed by atoms with Crippen molar-refractivity contribution in [2.75, 3.05) is 13.6 Å². The first-order valence-corrected chi connectivity index (χ1v) is 4.15. The Balaban J connectivity index is 2.99. The van der Waals surface area contributed by atoms with Crippen LogP contribution in [0.5, 0.6) is 0 Å². The highest BCUT2D eigenvalue weighted by atomic mass is 15.3. The molecule has 12 heavy (non-hydrogen) atoms. The van der Waals surface area contributed by atoms with E-state index in [4.69, 9.17) is 0 Å². The van der Waals surface area contributed by atoms with E-state index in [9.17, 15) is 0 Å². The van der Waals surface area contributed by atoms with E-state index in [0.717, 1.165) is 18.1 Å². The predicted octanol–water partition coefficient (Wildman–Crippen LogP) is 2.14. The SMILES string of the molecule is C=C1C(C)=CN(C)C(=C)N1CC. The van der Waals surface area contributed by atoms with E-state index in [-0.39, 0.29) is 0 Å². The van der Waals surface area contributed by atoms with Crippen molar-refractivity contribution >= 4 is 0 Å². The number of hydrogen-bond donors (Lipinski definition) is 0. The lowest BCUT2D eigenvalue weighted by Crippen LogP contribution is -2.33. The van der Waals surface area contributed by atoms with E-state index < -0.39 is 0 Å². The molecule has 0 unspecified atom stereocenters. The van der Waals surface area contributed by atoms with Gasteiger partial charge in [-0.3, -0.25) is 0 Å². The first-order valence-electron chi connectivity index (χ1n) is 4.15. The third-order valence-electron chi connectivity index (χ3n) is 2.20. The molecule has 0 spiro atoms. The Kier molecular flexibility index (Phi) is 2.27. The molecule has 0 N–H and O–H groups in total. The van der Waals surface area contributed by atoms with Gasteiger partial charge in [0.05, 0.1) is 0 Å². The largest absolute Gasteiger partial charge is 0.338 e. The summed E-state index contributed by atoms with van der Waals surface area (Å²) in [6.07, 6.45) is 2.05. The molecule has 0 saturated heterocycles. The topological polar surface area (TPSA) is 6.48 Å². The summed E-state index contributed by atoms with van der Waals surface area (Å²) >= 11 is 0. The minimum Gasteiger partial charge on any atom is -0.338 e. The fraction of sp³-hybridized carbons (Fsp3) is 0.400. The second-order valence-electron chi connectivity index (χ2n) is 3.03. The first kappa shape index (κ1) is 8.91. The molecule has 66 valence electrons. The normalized spacial score (nSPS) is 18.4. The monoisotopic (exact) mass is 164 g/mol. The van der Waals surface area contributed by atoms with Gasteiger partial charge >= 0.3 is 0 Å². The van der Waals surface area contributed by atoms with Crippen molar-refractivity contribution < 1.29 is 0 Å². The number of rotatable bonds is 1. The summed E-state index contributed by atoms with van der Waals surface area (Å²) in [4.78, 5) is 4.13. The number of nitrogens with zero attached hydrogens (tertiary/aromatic N) is 2. The van der Waals surface area contributed by atoms with Crippen LogP contribution in [-0.2, 0) is 0 Å². The Morgan fingerprint density at radius 1 is 1.42 bits per heavy atom. The van der Waals surface area contributed by atoms with Crippen LogP contribution in [0.25, 0.3) is 0 Å². The Morgan fingerprint density at radius 3 is 2.50 bits per heavy atom. The molecule has 0 amide bonds. The molecule has 0 aliphatic carbocycles. The number of hydrogen-bond acceptors (Lipinski definition) is 2.